The molecule has 0 saturated carbocycles. The lowest BCUT2D eigenvalue weighted by atomic mass is 9.95. The SMILES string of the molecule is CC(C)C(NC(=O)C=Cc1cccs1)c1ccc2c(c1)OCCO2. The van der Waals surface area contributed by atoms with Crippen LogP contribution >= 0.6 is 11.3 Å². The zero-order valence-electron chi connectivity index (χ0n) is 13.8. The molecule has 0 bridgehead atoms. The summed E-state index contributed by atoms with van der Waals surface area (Å²) in [6, 6.07) is 9.72. The fourth-order valence-electron chi connectivity index (χ4n) is 2.63. The molecule has 126 valence electrons. The van der Waals surface area contributed by atoms with Gasteiger partial charge in [0.1, 0.15) is 13.2 Å². The van der Waals surface area contributed by atoms with Gasteiger partial charge in [-0.05, 0) is 41.1 Å². The van der Waals surface area contributed by atoms with E-state index in [2.05, 4.69) is 19.2 Å². The van der Waals surface area contributed by atoms with Gasteiger partial charge in [0, 0.05) is 11.0 Å². The van der Waals surface area contributed by atoms with Crippen LogP contribution in [0.3, 0.4) is 0 Å². The smallest absolute Gasteiger partial charge is 0.244 e. The van der Waals surface area contributed by atoms with Crippen molar-refractivity contribution in [3.05, 3.63) is 52.2 Å². The maximum Gasteiger partial charge on any atom is 0.244 e. The Labute approximate surface area is 146 Å². The predicted molar refractivity (Wildman–Crippen MR) is 96.5 cm³/mol. The minimum Gasteiger partial charge on any atom is -0.486 e. The summed E-state index contributed by atoms with van der Waals surface area (Å²) < 4.78 is 11.2. The van der Waals surface area contributed by atoms with Crippen LogP contribution in [0.15, 0.2) is 41.8 Å². The maximum absolute atomic E-state index is 12.3. The third kappa shape index (κ3) is 3.97. The van der Waals surface area contributed by atoms with E-state index in [1.807, 2.05) is 41.8 Å². The number of ether oxygens (including phenoxy) is 2. The first kappa shape index (κ1) is 16.6. The zero-order valence-corrected chi connectivity index (χ0v) is 14.6. The van der Waals surface area contributed by atoms with Crippen molar-refractivity contribution in [3.8, 4) is 11.5 Å². The molecule has 0 saturated heterocycles. The number of hydrogen-bond donors (Lipinski definition) is 1. The molecule has 5 heteroatoms. The van der Waals surface area contributed by atoms with Gasteiger partial charge in [-0.1, -0.05) is 26.0 Å². The Hall–Kier alpha value is -2.27. The van der Waals surface area contributed by atoms with E-state index in [4.69, 9.17) is 9.47 Å². The zero-order chi connectivity index (χ0) is 16.9. The molecule has 1 aromatic carbocycles. The minimum atomic E-state index is -0.100. The molecule has 3 rings (SSSR count). The first-order chi connectivity index (χ1) is 11.6. The van der Waals surface area contributed by atoms with Crippen molar-refractivity contribution in [2.24, 2.45) is 5.92 Å². The third-order valence-corrected chi connectivity index (χ3v) is 4.67. The second-order valence-corrected chi connectivity index (χ2v) is 6.96. The van der Waals surface area contributed by atoms with Crippen LogP contribution in [-0.4, -0.2) is 19.1 Å². The van der Waals surface area contributed by atoms with Crippen LogP contribution < -0.4 is 14.8 Å². The molecule has 1 aliphatic rings. The summed E-state index contributed by atoms with van der Waals surface area (Å²) in [5.74, 6) is 1.66. The lowest BCUT2D eigenvalue weighted by molar-refractivity contribution is -0.117. The quantitative estimate of drug-likeness (QED) is 0.833. The van der Waals surface area contributed by atoms with Gasteiger partial charge in [0.2, 0.25) is 5.91 Å². The highest BCUT2D eigenvalue weighted by atomic mass is 32.1. The molecule has 1 amide bonds. The van der Waals surface area contributed by atoms with Crippen molar-refractivity contribution in [2.75, 3.05) is 13.2 Å². The summed E-state index contributed by atoms with van der Waals surface area (Å²) in [7, 11) is 0. The van der Waals surface area contributed by atoms with Gasteiger partial charge in [-0.15, -0.1) is 11.3 Å². The van der Waals surface area contributed by atoms with Crippen molar-refractivity contribution >= 4 is 23.3 Å². The minimum absolute atomic E-state index is 0.0821. The van der Waals surface area contributed by atoms with Gasteiger partial charge in [0.25, 0.3) is 0 Å². The Morgan fingerprint density at radius 2 is 2.00 bits per heavy atom. The molecule has 1 unspecified atom stereocenters. The molecule has 2 heterocycles. The van der Waals surface area contributed by atoms with Crippen LogP contribution in [0.1, 0.15) is 30.3 Å². The molecule has 0 spiro atoms. The van der Waals surface area contributed by atoms with Crippen molar-refractivity contribution in [3.63, 3.8) is 0 Å². The van der Waals surface area contributed by atoms with Gasteiger partial charge >= 0.3 is 0 Å². The average Bonchev–Trinajstić information content (AvgIpc) is 3.10. The van der Waals surface area contributed by atoms with Crippen LogP contribution in [0.5, 0.6) is 11.5 Å². The number of nitrogens with one attached hydrogen (secondary N) is 1. The van der Waals surface area contributed by atoms with Crippen LogP contribution in [0, 0.1) is 5.92 Å². The van der Waals surface area contributed by atoms with Crippen molar-refractivity contribution in [1.82, 2.24) is 5.32 Å². The van der Waals surface area contributed by atoms with Crippen LogP contribution in [0.25, 0.3) is 6.08 Å². The van der Waals surface area contributed by atoms with Gasteiger partial charge in [0.05, 0.1) is 6.04 Å². The molecular weight excluding hydrogens is 322 g/mol. The molecule has 1 aliphatic heterocycles. The lowest BCUT2D eigenvalue weighted by Crippen LogP contribution is -2.30. The Bertz CT molecular complexity index is 722. The van der Waals surface area contributed by atoms with E-state index in [1.165, 1.54) is 0 Å². The molecule has 24 heavy (non-hydrogen) atoms. The molecular formula is C19H21NO3S. The summed E-state index contributed by atoms with van der Waals surface area (Å²) >= 11 is 1.60. The van der Waals surface area contributed by atoms with Crippen LogP contribution in [-0.2, 0) is 4.79 Å². The fraction of sp³-hybridized carbons (Fsp3) is 0.316. The number of carbonyl (C=O) groups is 1. The van der Waals surface area contributed by atoms with E-state index >= 15 is 0 Å². The largest absolute Gasteiger partial charge is 0.486 e. The Balaban J connectivity index is 1.73. The number of fused-ring (bicyclic) bond motifs is 1. The van der Waals surface area contributed by atoms with Crippen molar-refractivity contribution in [2.45, 2.75) is 19.9 Å². The molecule has 1 aromatic heterocycles. The van der Waals surface area contributed by atoms with E-state index in [9.17, 15) is 4.79 Å². The van der Waals surface area contributed by atoms with E-state index < -0.39 is 0 Å². The summed E-state index contributed by atoms with van der Waals surface area (Å²) in [4.78, 5) is 13.3. The van der Waals surface area contributed by atoms with Crippen LogP contribution in [0.4, 0.5) is 0 Å². The highest BCUT2D eigenvalue weighted by Crippen LogP contribution is 2.34. The molecule has 4 nitrogen and oxygen atoms in total. The normalized spacial score (nSPS) is 14.8. The predicted octanol–water partition coefficient (Wildman–Crippen LogP) is 4.05. The first-order valence-electron chi connectivity index (χ1n) is 8.05. The monoisotopic (exact) mass is 343 g/mol. The van der Waals surface area contributed by atoms with Crippen molar-refractivity contribution < 1.29 is 14.3 Å². The number of carbonyl (C=O) groups excluding carboxylic acids is 1. The summed E-state index contributed by atoms with van der Waals surface area (Å²) in [6.45, 7) is 5.30. The summed E-state index contributed by atoms with van der Waals surface area (Å²) in [5.41, 5.74) is 1.02. The van der Waals surface area contributed by atoms with Gasteiger partial charge in [0.15, 0.2) is 11.5 Å². The topological polar surface area (TPSA) is 47.6 Å². The van der Waals surface area contributed by atoms with Gasteiger partial charge in [-0.2, -0.15) is 0 Å². The highest BCUT2D eigenvalue weighted by molar-refractivity contribution is 7.10. The lowest BCUT2D eigenvalue weighted by Gasteiger charge is -2.25. The standard InChI is InChI=1S/C19H21NO3S/c1-13(2)19(20-18(21)8-6-15-4-3-11-24-15)14-5-7-16-17(12-14)23-10-9-22-16/h3-8,11-13,19H,9-10H2,1-2H3,(H,20,21). The maximum atomic E-state index is 12.3. The molecule has 2 aromatic rings. The molecule has 0 aliphatic carbocycles. The van der Waals surface area contributed by atoms with Gasteiger partial charge in [-0.25, -0.2) is 0 Å². The Morgan fingerprint density at radius 1 is 1.21 bits per heavy atom. The first-order valence-corrected chi connectivity index (χ1v) is 8.93. The molecule has 0 radical (unpaired) electrons. The number of rotatable bonds is 5. The highest BCUT2D eigenvalue weighted by Gasteiger charge is 2.20. The van der Waals surface area contributed by atoms with Gasteiger partial charge < -0.3 is 14.8 Å². The second kappa shape index (κ2) is 7.53. The van der Waals surface area contributed by atoms with E-state index in [0.717, 1.165) is 21.9 Å². The van der Waals surface area contributed by atoms with Crippen molar-refractivity contribution in [1.29, 1.82) is 0 Å². The number of benzene rings is 1. The van der Waals surface area contributed by atoms with Gasteiger partial charge in [-0.3, -0.25) is 4.79 Å². The van der Waals surface area contributed by atoms with E-state index in [0.29, 0.717) is 13.2 Å². The molecule has 1 N–H and O–H groups in total. The third-order valence-electron chi connectivity index (χ3n) is 3.83. The Morgan fingerprint density at radius 3 is 2.71 bits per heavy atom. The number of hydrogen-bond acceptors (Lipinski definition) is 4. The number of thiophene rings is 1. The molecule has 0 fully saturated rings. The van der Waals surface area contributed by atoms with E-state index in [1.54, 1.807) is 17.4 Å². The fourth-order valence-corrected chi connectivity index (χ4v) is 3.25. The Kier molecular flexibility index (Phi) is 5.20. The van der Waals surface area contributed by atoms with E-state index in [-0.39, 0.29) is 17.9 Å². The van der Waals surface area contributed by atoms with Crippen LogP contribution in [0.2, 0.25) is 0 Å². The molecule has 1 atom stereocenters. The average molecular weight is 343 g/mol. The summed E-state index contributed by atoms with van der Waals surface area (Å²) in [6.07, 6.45) is 3.42. The second-order valence-electron chi connectivity index (χ2n) is 5.98. The summed E-state index contributed by atoms with van der Waals surface area (Å²) in [5, 5.41) is 5.07. The number of amides is 1.